The summed E-state index contributed by atoms with van der Waals surface area (Å²) in [4.78, 5) is 15.7. The third-order valence-electron chi connectivity index (χ3n) is 4.14. The van der Waals surface area contributed by atoms with E-state index in [0.717, 1.165) is 44.9 Å². The van der Waals surface area contributed by atoms with Crippen LogP contribution in [0.2, 0.25) is 0 Å². The molecule has 0 aromatic heterocycles. The molecule has 0 heterocycles. The number of esters is 1. The molecule has 1 atom stereocenters. The summed E-state index contributed by atoms with van der Waals surface area (Å²) >= 11 is 0. The Bertz CT molecular complexity index is 302. The lowest BCUT2D eigenvalue weighted by Crippen LogP contribution is -2.06. The van der Waals surface area contributed by atoms with Gasteiger partial charge in [0.05, 0.1) is 6.61 Å². The molecule has 0 amide bonds. The van der Waals surface area contributed by atoms with Crippen molar-refractivity contribution in [2.24, 2.45) is 0 Å². The normalized spacial score (nSPS) is 12.6. The third kappa shape index (κ3) is 16.0. The van der Waals surface area contributed by atoms with E-state index in [9.17, 15) is 4.79 Å². The van der Waals surface area contributed by atoms with Crippen LogP contribution in [0, 0.1) is 0 Å². The van der Waals surface area contributed by atoms with Gasteiger partial charge in [0.25, 0.3) is 0 Å². The monoisotopic (exact) mass is 342 g/mol. The number of hydrogen-bond donors (Lipinski definition) is 1. The van der Waals surface area contributed by atoms with Gasteiger partial charge < -0.3 is 4.74 Å². The second kappa shape index (κ2) is 18.5. The first kappa shape index (κ1) is 23.1. The molecule has 0 saturated carbocycles. The first-order valence-electron chi connectivity index (χ1n) is 9.87. The molecule has 0 spiro atoms. The summed E-state index contributed by atoms with van der Waals surface area (Å²) in [5.41, 5.74) is 0. The zero-order chi connectivity index (χ0) is 17.9. The van der Waals surface area contributed by atoms with Gasteiger partial charge in [-0.2, -0.15) is 0 Å². The van der Waals surface area contributed by atoms with E-state index in [1.54, 1.807) is 0 Å². The number of rotatable bonds is 17. The van der Waals surface area contributed by atoms with E-state index in [2.05, 4.69) is 17.9 Å². The van der Waals surface area contributed by atoms with Crippen molar-refractivity contribution < 1.29 is 19.7 Å². The highest BCUT2D eigenvalue weighted by Crippen LogP contribution is 2.12. The van der Waals surface area contributed by atoms with Crippen molar-refractivity contribution in [1.82, 2.24) is 0 Å². The minimum absolute atomic E-state index is 0.0879. The van der Waals surface area contributed by atoms with E-state index in [-0.39, 0.29) is 12.1 Å². The first-order valence-corrected chi connectivity index (χ1v) is 9.87. The molecule has 4 heteroatoms. The molecule has 0 aliphatic heterocycles. The van der Waals surface area contributed by atoms with E-state index in [1.165, 1.54) is 32.1 Å². The van der Waals surface area contributed by atoms with Gasteiger partial charge in [0, 0.05) is 6.42 Å². The predicted molar refractivity (Wildman–Crippen MR) is 99.0 cm³/mol. The van der Waals surface area contributed by atoms with Gasteiger partial charge in [0.2, 0.25) is 0 Å². The van der Waals surface area contributed by atoms with Gasteiger partial charge >= 0.3 is 5.97 Å². The van der Waals surface area contributed by atoms with Crippen LogP contribution < -0.4 is 0 Å². The summed E-state index contributed by atoms with van der Waals surface area (Å²) in [5.74, 6) is -0.0879. The highest BCUT2D eigenvalue weighted by Gasteiger charge is 2.04. The van der Waals surface area contributed by atoms with Crippen LogP contribution in [0.4, 0.5) is 0 Å². The van der Waals surface area contributed by atoms with Crippen molar-refractivity contribution in [3.8, 4) is 0 Å². The van der Waals surface area contributed by atoms with Crippen molar-refractivity contribution in [1.29, 1.82) is 0 Å². The summed E-state index contributed by atoms with van der Waals surface area (Å²) in [7, 11) is 0. The largest absolute Gasteiger partial charge is 0.466 e. The molecule has 0 aliphatic rings. The SMILES string of the molecule is CCCCCCCCC(/C=C/CCCCCCC(=O)OCC)OO. The van der Waals surface area contributed by atoms with E-state index in [4.69, 9.17) is 9.99 Å². The maximum Gasteiger partial charge on any atom is 0.305 e. The van der Waals surface area contributed by atoms with Crippen molar-refractivity contribution >= 4 is 5.97 Å². The molecule has 24 heavy (non-hydrogen) atoms. The van der Waals surface area contributed by atoms with Crippen LogP contribution in [0.1, 0.15) is 97.3 Å². The lowest BCUT2D eigenvalue weighted by atomic mass is 10.1. The number of carbonyl (C=O) groups excluding carboxylic acids is 1. The van der Waals surface area contributed by atoms with Gasteiger partial charge in [-0.1, -0.05) is 70.4 Å². The molecule has 0 aromatic carbocycles. The van der Waals surface area contributed by atoms with Crippen molar-refractivity contribution in [2.45, 2.75) is 103 Å². The molecule has 0 saturated heterocycles. The Morgan fingerprint density at radius 3 is 2.33 bits per heavy atom. The smallest absolute Gasteiger partial charge is 0.305 e. The molecular formula is C20H38O4. The Hall–Kier alpha value is -0.870. The lowest BCUT2D eigenvalue weighted by molar-refractivity contribution is -0.267. The van der Waals surface area contributed by atoms with Crippen LogP contribution in [0.15, 0.2) is 12.2 Å². The van der Waals surface area contributed by atoms with Gasteiger partial charge in [-0.25, -0.2) is 4.89 Å². The summed E-state index contributed by atoms with van der Waals surface area (Å²) in [6.45, 7) is 4.53. The topological polar surface area (TPSA) is 55.8 Å². The average Bonchev–Trinajstić information content (AvgIpc) is 2.58. The predicted octanol–water partition coefficient (Wildman–Crippen LogP) is 6.06. The quantitative estimate of drug-likeness (QED) is 0.115. The Kier molecular flexibility index (Phi) is 17.8. The summed E-state index contributed by atoms with van der Waals surface area (Å²) in [6.07, 6.45) is 18.0. The fourth-order valence-corrected chi connectivity index (χ4v) is 2.68. The third-order valence-corrected chi connectivity index (χ3v) is 4.14. The minimum atomic E-state index is -0.167. The van der Waals surface area contributed by atoms with Crippen LogP contribution in [0.25, 0.3) is 0 Å². The summed E-state index contributed by atoms with van der Waals surface area (Å²) < 4.78 is 4.90. The maximum absolute atomic E-state index is 11.2. The maximum atomic E-state index is 11.2. The van der Waals surface area contributed by atoms with E-state index in [1.807, 2.05) is 13.0 Å². The van der Waals surface area contributed by atoms with Crippen molar-refractivity contribution in [2.75, 3.05) is 6.61 Å². The molecule has 0 rings (SSSR count). The van der Waals surface area contributed by atoms with Crippen LogP contribution >= 0.6 is 0 Å². The fraction of sp³-hybridized carbons (Fsp3) is 0.850. The highest BCUT2D eigenvalue weighted by atomic mass is 17.1. The second-order valence-electron chi connectivity index (χ2n) is 6.39. The van der Waals surface area contributed by atoms with Crippen molar-refractivity contribution in [3.05, 3.63) is 12.2 Å². The molecule has 0 aliphatic carbocycles. The number of ether oxygens (including phenoxy) is 1. The van der Waals surface area contributed by atoms with Gasteiger partial charge in [-0.05, 0) is 32.6 Å². The zero-order valence-corrected chi connectivity index (χ0v) is 15.8. The van der Waals surface area contributed by atoms with Crippen molar-refractivity contribution in [3.63, 3.8) is 0 Å². The molecule has 0 bridgehead atoms. The average molecular weight is 343 g/mol. The second-order valence-corrected chi connectivity index (χ2v) is 6.39. The molecule has 1 N–H and O–H groups in total. The van der Waals surface area contributed by atoms with E-state index in [0.29, 0.717) is 13.0 Å². The Morgan fingerprint density at radius 2 is 1.62 bits per heavy atom. The Balaban J connectivity index is 3.49. The highest BCUT2D eigenvalue weighted by molar-refractivity contribution is 5.69. The summed E-state index contributed by atoms with van der Waals surface area (Å²) in [5, 5.41) is 8.94. The number of allylic oxidation sites excluding steroid dienone is 1. The van der Waals surface area contributed by atoms with Crippen LogP contribution in [0.5, 0.6) is 0 Å². The van der Waals surface area contributed by atoms with Gasteiger partial charge in [-0.15, -0.1) is 0 Å². The van der Waals surface area contributed by atoms with Gasteiger partial charge in [-0.3, -0.25) is 10.1 Å². The zero-order valence-electron chi connectivity index (χ0n) is 15.8. The van der Waals surface area contributed by atoms with Crippen LogP contribution in [0.3, 0.4) is 0 Å². The van der Waals surface area contributed by atoms with Crippen LogP contribution in [-0.4, -0.2) is 23.9 Å². The minimum Gasteiger partial charge on any atom is -0.466 e. The van der Waals surface area contributed by atoms with Crippen LogP contribution in [-0.2, 0) is 14.4 Å². The molecule has 1 unspecified atom stereocenters. The Morgan fingerprint density at radius 1 is 0.958 bits per heavy atom. The van der Waals surface area contributed by atoms with Gasteiger partial charge in [0.15, 0.2) is 0 Å². The standard InChI is InChI=1S/C20H38O4/c1-3-5-6-7-10-13-16-19(24-22)17-14-11-8-9-12-15-18-20(21)23-4-2/h14,17,19,22H,3-13,15-16,18H2,1-2H3/b17-14+. The van der Waals surface area contributed by atoms with E-state index < -0.39 is 0 Å². The first-order chi connectivity index (χ1) is 11.7. The summed E-state index contributed by atoms with van der Waals surface area (Å²) in [6, 6.07) is 0. The number of hydrogen-bond acceptors (Lipinski definition) is 4. The fourth-order valence-electron chi connectivity index (χ4n) is 2.68. The number of carbonyl (C=O) groups is 1. The molecule has 142 valence electrons. The van der Waals surface area contributed by atoms with E-state index >= 15 is 0 Å². The Labute approximate surface area is 148 Å². The molecular weight excluding hydrogens is 304 g/mol. The van der Waals surface area contributed by atoms with Gasteiger partial charge in [0.1, 0.15) is 6.10 Å². The molecule has 0 aromatic rings. The lowest BCUT2D eigenvalue weighted by Gasteiger charge is -2.08. The molecule has 0 radical (unpaired) electrons. The number of unbranched alkanes of at least 4 members (excludes halogenated alkanes) is 9. The molecule has 4 nitrogen and oxygen atoms in total. The molecule has 0 fully saturated rings.